The maximum absolute atomic E-state index is 11.8. The molecule has 0 amide bonds. The molecule has 1 fully saturated rings. The molecule has 1 saturated carbocycles. The summed E-state index contributed by atoms with van der Waals surface area (Å²) in [4.78, 5) is 11.8. The molecule has 1 aromatic carbocycles. The molecule has 0 bridgehead atoms. The SMILES string of the molecule is N#CC1(Cc2cccc(Cl)c2)CCCC1=O. The second kappa shape index (κ2) is 4.27. The molecular weight excluding hydrogens is 222 g/mol. The number of rotatable bonds is 2. The molecule has 0 spiro atoms. The summed E-state index contributed by atoms with van der Waals surface area (Å²) in [6.07, 6.45) is 2.53. The van der Waals surface area contributed by atoms with E-state index in [-0.39, 0.29) is 5.78 Å². The van der Waals surface area contributed by atoms with Crippen molar-refractivity contribution in [3.05, 3.63) is 34.9 Å². The van der Waals surface area contributed by atoms with E-state index in [9.17, 15) is 10.1 Å². The Hall–Kier alpha value is -1.33. The van der Waals surface area contributed by atoms with Gasteiger partial charge in [-0.2, -0.15) is 5.26 Å². The van der Waals surface area contributed by atoms with Crippen LogP contribution in [0.2, 0.25) is 5.02 Å². The van der Waals surface area contributed by atoms with Gasteiger partial charge in [0.1, 0.15) is 5.41 Å². The highest BCUT2D eigenvalue weighted by Crippen LogP contribution is 2.37. The molecule has 0 aliphatic heterocycles. The third kappa shape index (κ3) is 1.96. The number of hydrogen-bond donors (Lipinski definition) is 0. The van der Waals surface area contributed by atoms with E-state index in [1.807, 2.05) is 18.2 Å². The minimum absolute atomic E-state index is 0.0787. The lowest BCUT2D eigenvalue weighted by molar-refractivity contribution is -0.123. The molecule has 0 radical (unpaired) electrons. The predicted molar refractivity (Wildman–Crippen MR) is 62.1 cm³/mol. The van der Waals surface area contributed by atoms with Crippen molar-refractivity contribution >= 4 is 17.4 Å². The molecule has 1 aliphatic carbocycles. The van der Waals surface area contributed by atoms with Gasteiger partial charge in [0, 0.05) is 11.4 Å². The minimum Gasteiger partial charge on any atom is -0.298 e. The zero-order chi connectivity index (χ0) is 11.6. The third-order valence-electron chi connectivity index (χ3n) is 3.15. The Labute approximate surface area is 99.8 Å². The first-order chi connectivity index (χ1) is 7.66. The summed E-state index contributed by atoms with van der Waals surface area (Å²) in [5.74, 6) is 0.0787. The lowest BCUT2D eigenvalue weighted by Gasteiger charge is -2.18. The van der Waals surface area contributed by atoms with E-state index in [4.69, 9.17) is 11.6 Å². The highest BCUT2D eigenvalue weighted by Gasteiger charge is 2.42. The van der Waals surface area contributed by atoms with Crippen LogP contribution in [0, 0.1) is 16.7 Å². The van der Waals surface area contributed by atoms with Gasteiger partial charge in [-0.3, -0.25) is 4.79 Å². The van der Waals surface area contributed by atoms with Gasteiger partial charge >= 0.3 is 0 Å². The number of nitrogens with zero attached hydrogens (tertiary/aromatic N) is 1. The molecule has 0 aromatic heterocycles. The van der Waals surface area contributed by atoms with Crippen LogP contribution in [0.15, 0.2) is 24.3 Å². The van der Waals surface area contributed by atoms with Crippen LogP contribution in [0.3, 0.4) is 0 Å². The van der Waals surface area contributed by atoms with Crippen LogP contribution in [0.4, 0.5) is 0 Å². The van der Waals surface area contributed by atoms with E-state index in [0.717, 1.165) is 12.0 Å². The first-order valence-corrected chi connectivity index (χ1v) is 5.73. The van der Waals surface area contributed by atoms with E-state index in [2.05, 4.69) is 6.07 Å². The monoisotopic (exact) mass is 233 g/mol. The lowest BCUT2D eigenvalue weighted by atomic mass is 9.81. The summed E-state index contributed by atoms with van der Waals surface area (Å²) in [5, 5.41) is 9.86. The zero-order valence-electron chi connectivity index (χ0n) is 8.87. The fourth-order valence-corrected chi connectivity index (χ4v) is 2.48. The molecule has 3 heteroatoms. The van der Waals surface area contributed by atoms with Crippen LogP contribution >= 0.6 is 11.6 Å². The van der Waals surface area contributed by atoms with Gasteiger partial charge in [0.2, 0.25) is 0 Å². The van der Waals surface area contributed by atoms with Gasteiger partial charge in [-0.25, -0.2) is 0 Å². The van der Waals surface area contributed by atoms with Crippen LogP contribution in [0.25, 0.3) is 0 Å². The van der Waals surface area contributed by atoms with Crippen molar-refractivity contribution in [3.8, 4) is 6.07 Å². The van der Waals surface area contributed by atoms with Crippen molar-refractivity contribution < 1.29 is 4.79 Å². The third-order valence-corrected chi connectivity index (χ3v) is 3.39. The first-order valence-electron chi connectivity index (χ1n) is 5.35. The maximum Gasteiger partial charge on any atom is 0.153 e. The van der Waals surface area contributed by atoms with E-state index >= 15 is 0 Å². The van der Waals surface area contributed by atoms with E-state index in [1.54, 1.807) is 6.07 Å². The predicted octanol–water partition coefficient (Wildman–Crippen LogP) is 3.15. The molecule has 1 aliphatic rings. The number of carbonyl (C=O) groups excluding carboxylic acids is 1. The fraction of sp³-hybridized carbons (Fsp3) is 0.385. The van der Waals surface area contributed by atoms with Gasteiger partial charge in [-0.15, -0.1) is 0 Å². The summed E-state index contributed by atoms with van der Waals surface area (Å²) in [7, 11) is 0. The normalized spacial score (nSPS) is 24.4. The van der Waals surface area contributed by atoms with E-state index in [1.165, 1.54) is 0 Å². The molecule has 2 rings (SSSR count). The van der Waals surface area contributed by atoms with Gasteiger partial charge in [0.15, 0.2) is 5.78 Å². The second-order valence-corrected chi connectivity index (χ2v) is 4.71. The van der Waals surface area contributed by atoms with Crippen molar-refractivity contribution in [2.24, 2.45) is 5.41 Å². The van der Waals surface area contributed by atoms with Crippen LogP contribution < -0.4 is 0 Å². The number of Topliss-reactive ketones (excluding diaryl/α,β-unsaturated/α-hetero) is 1. The number of hydrogen-bond acceptors (Lipinski definition) is 2. The van der Waals surface area contributed by atoms with Crippen molar-refractivity contribution in [1.29, 1.82) is 5.26 Å². The molecule has 1 unspecified atom stereocenters. The standard InChI is InChI=1S/C13H12ClNO/c14-11-4-1-3-10(7-11)8-13(9-15)6-2-5-12(13)16/h1,3-4,7H,2,5-6,8H2. The summed E-state index contributed by atoms with van der Waals surface area (Å²) in [5.41, 5.74) is 0.161. The van der Waals surface area contributed by atoms with Crippen molar-refractivity contribution in [2.75, 3.05) is 0 Å². The largest absolute Gasteiger partial charge is 0.298 e. The fourth-order valence-electron chi connectivity index (χ4n) is 2.27. The van der Waals surface area contributed by atoms with Crippen LogP contribution in [-0.2, 0) is 11.2 Å². The topological polar surface area (TPSA) is 40.9 Å². The van der Waals surface area contributed by atoms with Gasteiger partial charge in [0.25, 0.3) is 0 Å². The molecule has 82 valence electrons. The average Bonchev–Trinajstić information content (AvgIpc) is 2.61. The molecule has 1 atom stereocenters. The Morgan fingerprint density at radius 3 is 2.88 bits per heavy atom. The number of benzene rings is 1. The van der Waals surface area contributed by atoms with Gasteiger partial charge in [-0.1, -0.05) is 23.7 Å². The minimum atomic E-state index is -0.801. The Bertz CT molecular complexity index is 463. The first kappa shape index (κ1) is 11.2. The molecular formula is C13H12ClNO. The Balaban J connectivity index is 2.26. The summed E-state index contributed by atoms with van der Waals surface area (Å²) in [6.45, 7) is 0. The van der Waals surface area contributed by atoms with Crippen molar-refractivity contribution in [3.63, 3.8) is 0 Å². The van der Waals surface area contributed by atoms with Crippen molar-refractivity contribution in [2.45, 2.75) is 25.7 Å². The zero-order valence-corrected chi connectivity index (χ0v) is 9.63. The molecule has 2 nitrogen and oxygen atoms in total. The van der Waals surface area contributed by atoms with Crippen LogP contribution in [0.1, 0.15) is 24.8 Å². The van der Waals surface area contributed by atoms with E-state index < -0.39 is 5.41 Å². The Morgan fingerprint density at radius 2 is 2.31 bits per heavy atom. The van der Waals surface area contributed by atoms with Crippen LogP contribution in [-0.4, -0.2) is 5.78 Å². The van der Waals surface area contributed by atoms with Crippen molar-refractivity contribution in [1.82, 2.24) is 0 Å². The molecule has 0 heterocycles. The number of nitriles is 1. The highest BCUT2D eigenvalue weighted by molar-refractivity contribution is 6.30. The Kier molecular flexibility index (Phi) is 2.98. The van der Waals surface area contributed by atoms with Gasteiger partial charge < -0.3 is 0 Å². The molecule has 0 saturated heterocycles. The summed E-state index contributed by atoms with van der Waals surface area (Å²) in [6, 6.07) is 9.58. The summed E-state index contributed by atoms with van der Waals surface area (Å²) < 4.78 is 0. The summed E-state index contributed by atoms with van der Waals surface area (Å²) >= 11 is 5.89. The second-order valence-electron chi connectivity index (χ2n) is 4.28. The van der Waals surface area contributed by atoms with E-state index in [0.29, 0.717) is 24.3 Å². The Morgan fingerprint density at radius 1 is 1.50 bits per heavy atom. The van der Waals surface area contributed by atoms with Gasteiger partial charge in [-0.05, 0) is 37.0 Å². The highest BCUT2D eigenvalue weighted by atomic mass is 35.5. The number of carbonyl (C=O) groups is 1. The lowest BCUT2D eigenvalue weighted by Crippen LogP contribution is -2.26. The number of halogens is 1. The van der Waals surface area contributed by atoms with Crippen LogP contribution in [0.5, 0.6) is 0 Å². The molecule has 16 heavy (non-hydrogen) atoms. The quantitative estimate of drug-likeness (QED) is 0.787. The number of ketones is 1. The molecule has 0 N–H and O–H groups in total. The average molecular weight is 234 g/mol. The smallest absolute Gasteiger partial charge is 0.153 e. The maximum atomic E-state index is 11.8. The molecule has 1 aromatic rings. The van der Waals surface area contributed by atoms with Gasteiger partial charge in [0.05, 0.1) is 6.07 Å².